The maximum absolute atomic E-state index is 9.87. The molecular formula is C25H36N6O. The number of aliphatic hydroxyl groups excluding tert-OH is 1. The Labute approximate surface area is 191 Å². The molecule has 0 aromatic carbocycles. The Morgan fingerprint density at radius 1 is 1.16 bits per heavy atom. The molecule has 2 aromatic heterocycles. The zero-order chi connectivity index (χ0) is 22.3. The van der Waals surface area contributed by atoms with Crippen molar-refractivity contribution in [2.24, 2.45) is 0 Å². The molecule has 0 unspecified atom stereocenters. The fraction of sp³-hybridized carbons (Fsp3) is 0.560. The number of aromatic nitrogens is 3. The third-order valence-electron chi connectivity index (χ3n) is 6.40. The first-order valence-electron chi connectivity index (χ1n) is 12.1. The Balaban J connectivity index is 1.58. The van der Waals surface area contributed by atoms with Gasteiger partial charge in [-0.15, -0.1) is 0 Å². The van der Waals surface area contributed by atoms with Crippen molar-refractivity contribution in [2.45, 2.75) is 77.0 Å². The molecular weight excluding hydrogens is 400 g/mol. The highest BCUT2D eigenvalue weighted by Gasteiger charge is 2.22. The van der Waals surface area contributed by atoms with Crippen LogP contribution in [0, 0.1) is 0 Å². The van der Waals surface area contributed by atoms with E-state index in [0.717, 1.165) is 75.1 Å². The molecule has 0 saturated heterocycles. The summed E-state index contributed by atoms with van der Waals surface area (Å²) in [5.41, 5.74) is 4.31. The van der Waals surface area contributed by atoms with Gasteiger partial charge in [0.25, 0.3) is 0 Å². The number of aliphatic hydroxyl groups is 1. The second-order valence-corrected chi connectivity index (χ2v) is 9.06. The van der Waals surface area contributed by atoms with E-state index in [0.29, 0.717) is 18.0 Å². The summed E-state index contributed by atoms with van der Waals surface area (Å²) in [6, 6.07) is 4.83. The highest BCUT2D eigenvalue weighted by Crippen LogP contribution is 2.30. The molecule has 1 saturated carbocycles. The summed E-state index contributed by atoms with van der Waals surface area (Å²) < 4.78 is 0. The van der Waals surface area contributed by atoms with E-state index in [2.05, 4.69) is 53.0 Å². The molecule has 4 N–H and O–H groups in total. The smallest absolute Gasteiger partial charge is 0.224 e. The number of anilines is 2. The van der Waals surface area contributed by atoms with Gasteiger partial charge in [-0.25, -0.2) is 4.98 Å². The molecule has 7 nitrogen and oxygen atoms in total. The summed E-state index contributed by atoms with van der Waals surface area (Å²) in [6.07, 6.45) is 12.6. The lowest BCUT2D eigenvalue weighted by Crippen LogP contribution is -2.29. The van der Waals surface area contributed by atoms with Crippen molar-refractivity contribution in [3.05, 3.63) is 36.2 Å². The predicted octanol–water partition coefficient (Wildman–Crippen LogP) is 4.23. The van der Waals surface area contributed by atoms with E-state index in [1.165, 1.54) is 11.1 Å². The average molecular weight is 437 g/mol. The molecule has 0 spiro atoms. The van der Waals surface area contributed by atoms with Crippen molar-refractivity contribution < 1.29 is 5.11 Å². The first-order valence-corrected chi connectivity index (χ1v) is 12.1. The molecule has 3 heterocycles. The SMILES string of the molecule is CCC[C@H](C)Nc1ncc(-c2ccc(C3=CCNCC3)cn2)c(N[C@H]2CC[C@H](O)CC2)n1. The van der Waals surface area contributed by atoms with Crippen LogP contribution < -0.4 is 16.0 Å². The van der Waals surface area contributed by atoms with Crippen LogP contribution in [0.1, 0.15) is 64.4 Å². The lowest BCUT2D eigenvalue weighted by Gasteiger charge is -2.27. The van der Waals surface area contributed by atoms with Crippen LogP contribution >= 0.6 is 0 Å². The van der Waals surface area contributed by atoms with E-state index in [1.54, 1.807) is 0 Å². The minimum absolute atomic E-state index is 0.177. The average Bonchev–Trinajstić information content (AvgIpc) is 2.82. The molecule has 2 aliphatic rings. The van der Waals surface area contributed by atoms with Gasteiger partial charge in [0.05, 0.1) is 17.4 Å². The second kappa shape index (κ2) is 10.9. The summed E-state index contributed by atoms with van der Waals surface area (Å²) >= 11 is 0. The van der Waals surface area contributed by atoms with Gasteiger partial charge in [0, 0.05) is 31.0 Å². The van der Waals surface area contributed by atoms with Crippen LogP contribution in [0.5, 0.6) is 0 Å². The van der Waals surface area contributed by atoms with E-state index in [9.17, 15) is 5.11 Å². The molecule has 1 aliphatic carbocycles. The number of hydrogen-bond donors (Lipinski definition) is 4. The number of nitrogens with zero attached hydrogens (tertiary/aromatic N) is 3. The lowest BCUT2D eigenvalue weighted by atomic mass is 9.93. The highest BCUT2D eigenvalue weighted by atomic mass is 16.3. The van der Waals surface area contributed by atoms with Crippen LogP contribution in [0.25, 0.3) is 16.8 Å². The van der Waals surface area contributed by atoms with E-state index >= 15 is 0 Å². The Kier molecular flexibility index (Phi) is 7.71. The molecule has 32 heavy (non-hydrogen) atoms. The van der Waals surface area contributed by atoms with Crippen LogP contribution in [0.15, 0.2) is 30.6 Å². The molecule has 2 aromatic rings. The van der Waals surface area contributed by atoms with Crippen molar-refractivity contribution in [1.82, 2.24) is 20.3 Å². The van der Waals surface area contributed by atoms with Gasteiger partial charge >= 0.3 is 0 Å². The maximum Gasteiger partial charge on any atom is 0.224 e. The molecule has 0 radical (unpaired) electrons. The molecule has 1 aliphatic heterocycles. The Bertz CT molecular complexity index is 905. The fourth-order valence-corrected chi connectivity index (χ4v) is 4.52. The number of pyridine rings is 1. The topological polar surface area (TPSA) is 95.0 Å². The minimum Gasteiger partial charge on any atom is -0.393 e. The van der Waals surface area contributed by atoms with Crippen molar-refractivity contribution in [3.63, 3.8) is 0 Å². The van der Waals surface area contributed by atoms with Crippen molar-refractivity contribution >= 4 is 17.3 Å². The van der Waals surface area contributed by atoms with E-state index in [-0.39, 0.29) is 6.10 Å². The van der Waals surface area contributed by atoms with Crippen molar-refractivity contribution in [3.8, 4) is 11.3 Å². The number of rotatable bonds is 8. The minimum atomic E-state index is -0.177. The maximum atomic E-state index is 9.87. The zero-order valence-corrected chi connectivity index (χ0v) is 19.3. The van der Waals surface area contributed by atoms with Gasteiger partial charge in [0.15, 0.2) is 0 Å². The summed E-state index contributed by atoms with van der Waals surface area (Å²) in [5, 5.41) is 20.3. The molecule has 0 amide bonds. The highest BCUT2D eigenvalue weighted by molar-refractivity contribution is 5.74. The largest absolute Gasteiger partial charge is 0.393 e. The van der Waals surface area contributed by atoms with Gasteiger partial charge in [-0.05, 0) is 69.2 Å². The predicted molar refractivity (Wildman–Crippen MR) is 131 cm³/mol. The van der Waals surface area contributed by atoms with Crippen LogP contribution in [0.2, 0.25) is 0 Å². The first-order chi connectivity index (χ1) is 15.6. The number of hydrogen-bond acceptors (Lipinski definition) is 7. The summed E-state index contributed by atoms with van der Waals surface area (Å²) in [4.78, 5) is 14.2. The quantitative estimate of drug-likeness (QED) is 0.492. The fourth-order valence-electron chi connectivity index (χ4n) is 4.52. The number of nitrogens with one attached hydrogen (secondary N) is 3. The van der Waals surface area contributed by atoms with E-state index in [1.807, 2.05) is 12.4 Å². The summed E-state index contributed by atoms with van der Waals surface area (Å²) in [7, 11) is 0. The monoisotopic (exact) mass is 436 g/mol. The van der Waals surface area contributed by atoms with Gasteiger partial charge in [-0.2, -0.15) is 4.98 Å². The second-order valence-electron chi connectivity index (χ2n) is 9.06. The molecule has 172 valence electrons. The van der Waals surface area contributed by atoms with E-state index in [4.69, 9.17) is 9.97 Å². The van der Waals surface area contributed by atoms with Gasteiger partial charge in [-0.3, -0.25) is 4.98 Å². The Morgan fingerprint density at radius 3 is 2.69 bits per heavy atom. The molecule has 1 atom stereocenters. The third kappa shape index (κ3) is 5.84. The molecule has 7 heteroatoms. The Hall–Kier alpha value is -2.51. The van der Waals surface area contributed by atoms with Crippen molar-refractivity contribution in [1.29, 1.82) is 0 Å². The summed E-state index contributed by atoms with van der Waals surface area (Å²) in [6.45, 7) is 6.27. The van der Waals surface area contributed by atoms with Crippen LogP contribution in [0.3, 0.4) is 0 Å². The lowest BCUT2D eigenvalue weighted by molar-refractivity contribution is 0.126. The zero-order valence-electron chi connectivity index (χ0n) is 19.3. The first kappa shape index (κ1) is 22.7. The normalized spacial score (nSPS) is 22.2. The molecule has 4 rings (SSSR count). The summed E-state index contributed by atoms with van der Waals surface area (Å²) in [5.74, 6) is 1.46. The molecule has 0 bridgehead atoms. The van der Waals surface area contributed by atoms with Gasteiger partial charge in [-0.1, -0.05) is 25.5 Å². The van der Waals surface area contributed by atoms with Crippen molar-refractivity contribution in [2.75, 3.05) is 23.7 Å². The standard InChI is InChI=1S/C25H36N6O/c1-3-4-17(2)29-25-28-16-22(24(31-25)30-20-6-8-21(32)9-7-20)23-10-5-19(15-27-23)18-11-13-26-14-12-18/h5,10-11,15-17,20-21,26,32H,3-4,6-9,12-14H2,1-2H3,(H2,28,29,30,31)/t17-,20-,21-/m0/s1. The third-order valence-corrected chi connectivity index (χ3v) is 6.40. The Morgan fingerprint density at radius 2 is 2.00 bits per heavy atom. The van der Waals surface area contributed by atoms with Crippen LogP contribution in [-0.2, 0) is 0 Å². The molecule has 1 fully saturated rings. The van der Waals surface area contributed by atoms with Gasteiger partial charge in [0.1, 0.15) is 5.82 Å². The van der Waals surface area contributed by atoms with Crippen LogP contribution in [0.4, 0.5) is 11.8 Å². The van der Waals surface area contributed by atoms with Crippen LogP contribution in [-0.4, -0.2) is 51.3 Å². The van der Waals surface area contributed by atoms with Gasteiger partial charge in [0.2, 0.25) is 5.95 Å². The van der Waals surface area contributed by atoms with E-state index < -0.39 is 0 Å². The van der Waals surface area contributed by atoms with Gasteiger partial charge < -0.3 is 21.1 Å².